The van der Waals surface area contributed by atoms with E-state index in [-0.39, 0.29) is 38.0 Å². The van der Waals surface area contributed by atoms with Gasteiger partial charge in [0.25, 0.3) is 0 Å². The van der Waals surface area contributed by atoms with Crippen molar-refractivity contribution in [2.45, 2.75) is 159 Å². The topological polar surface area (TPSA) is 466 Å². The third-order valence-corrected chi connectivity index (χ3v) is 14.4. The maximum Gasteiger partial charge on any atom is 0.326 e. The molecule has 0 radical (unpaired) electrons. The van der Waals surface area contributed by atoms with Crippen LogP contribution in [-0.2, 0) is 81.6 Å². The van der Waals surface area contributed by atoms with Crippen molar-refractivity contribution >= 4 is 76.9 Å². The van der Waals surface area contributed by atoms with Gasteiger partial charge in [-0.15, -0.1) is 0 Å². The van der Waals surface area contributed by atoms with Gasteiger partial charge in [0, 0.05) is 25.8 Å². The number of benzene rings is 3. The first kappa shape index (κ1) is 72.0. The van der Waals surface area contributed by atoms with Crippen molar-refractivity contribution in [2.24, 2.45) is 23.3 Å². The lowest BCUT2D eigenvalue weighted by Gasteiger charge is -2.32. The van der Waals surface area contributed by atoms with Crippen molar-refractivity contribution < 1.29 is 82.8 Å². The highest BCUT2D eigenvalue weighted by atomic mass is 16.4. The van der Waals surface area contributed by atoms with Gasteiger partial charge in [0.2, 0.25) is 65.0 Å². The summed E-state index contributed by atoms with van der Waals surface area (Å²) in [6, 6.07) is 8.35. The number of phenolic OH excluding ortho intramolecular Hbond substituents is 1. The first-order valence-corrected chi connectivity index (χ1v) is 29.0. The molecule has 29 heteroatoms. The minimum atomic E-state index is -1.82. The smallest absolute Gasteiger partial charge is 0.326 e. The zero-order valence-corrected chi connectivity index (χ0v) is 50.4. The summed E-state index contributed by atoms with van der Waals surface area (Å²) in [6.45, 7) is 8.05. The molecule has 1 saturated heterocycles. The zero-order valence-electron chi connectivity index (χ0n) is 50.4. The monoisotopic (exact) mass is 1240 g/mol. The zero-order chi connectivity index (χ0) is 66.2. The van der Waals surface area contributed by atoms with Gasteiger partial charge in [0.15, 0.2) is 0 Å². The predicted molar refractivity (Wildman–Crippen MR) is 319 cm³/mol. The number of nitrogens with one attached hydrogen (secondary N) is 9. The normalized spacial score (nSPS) is 16.2. The lowest BCUT2D eigenvalue weighted by molar-refractivity contribution is -0.143. The molecule has 484 valence electrons. The SMILES string of the molecule is CC(C)[C@H](NC(=O)[C@H](CC(N)=O)NC(=O)[C@@H](NC(=O)[C@@H]1CCCN1C(=O)[C@@H](NC(=O)[C@@H](N)Cc1ccc(O)cc1)C(C)C)[C@@H](C)O)C(=O)NCC(=O)N[C@@H](Cc1ccccc1)C(=O)N[C@@H](CCC(=O)O)C(=O)N[C@@H](C)C(=O)N[C@@H](Cc1ccccc1)C(=O)O. The number of carbonyl (C=O) groups is 13. The van der Waals surface area contributed by atoms with Gasteiger partial charge in [-0.3, -0.25) is 57.5 Å². The fraction of sp³-hybridized carbons (Fsp3) is 0.483. The van der Waals surface area contributed by atoms with Crippen molar-refractivity contribution in [3.63, 3.8) is 0 Å². The van der Waals surface area contributed by atoms with E-state index in [0.717, 1.165) is 6.92 Å². The molecule has 11 atom stereocenters. The molecule has 0 spiro atoms. The molecule has 17 N–H and O–H groups in total. The Labute approximate surface area is 514 Å². The number of likely N-dealkylation sites (tertiary alicyclic amines) is 1. The molecule has 3 aromatic rings. The molecule has 1 aliphatic rings. The number of aliphatic hydroxyl groups excluding tert-OH is 1. The average Bonchev–Trinajstić information content (AvgIpc) is 3.26. The van der Waals surface area contributed by atoms with E-state index < -0.39 is 181 Å². The fourth-order valence-corrected chi connectivity index (χ4v) is 9.47. The van der Waals surface area contributed by atoms with Gasteiger partial charge in [-0.25, -0.2) is 4.79 Å². The molecule has 89 heavy (non-hydrogen) atoms. The number of hydrogen-bond acceptors (Lipinski definition) is 16. The van der Waals surface area contributed by atoms with Crippen LogP contribution in [-0.4, -0.2) is 182 Å². The maximum absolute atomic E-state index is 14.0. The molecular formula is C60H82N12O17. The largest absolute Gasteiger partial charge is 0.508 e. The van der Waals surface area contributed by atoms with Crippen LogP contribution in [0.4, 0.5) is 0 Å². The van der Waals surface area contributed by atoms with Crippen molar-refractivity contribution in [2.75, 3.05) is 13.1 Å². The molecule has 4 rings (SSSR count). The highest BCUT2D eigenvalue weighted by Gasteiger charge is 2.42. The van der Waals surface area contributed by atoms with E-state index in [0.29, 0.717) is 23.1 Å². The number of carbonyl (C=O) groups excluding carboxylic acids is 11. The summed E-state index contributed by atoms with van der Waals surface area (Å²) in [6.07, 6.45) is -3.35. The molecule has 1 aliphatic heterocycles. The van der Waals surface area contributed by atoms with Gasteiger partial charge in [0.1, 0.15) is 60.1 Å². The third-order valence-electron chi connectivity index (χ3n) is 14.4. The van der Waals surface area contributed by atoms with E-state index in [1.54, 1.807) is 86.6 Å². The summed E-state index contributed by atoms with van der Waals surface area (Å²) < 4.78 is 0. The van der Waals surface area contributed by atoms with Crippen molar-refractivity contribution in [3.8, 4) is 5.75 Å². The van der Waals surface area contributed by atoms with Crippen LogP contribution in [0.1, 0.15) is 90.3 Å². The lowest BCUT2D eigenvalue weighted by Crippen LogP contribution is -2.62. The maximum atomic E-state index is 14.0. The second-order valence-electron chi connectivity index (χ2n) is 22.4. The molecule has 0 unspecified atom stereocenters. The Bertz CT molecular complexity index is 2990. The van der Waals surface area contributed by atoms with Crippen LogP contribution < -0.4 is 59.3 Å². The number of amides is 11. The number of aromatic hydroxyl groups is 1. The molecule has 11 amide bonds. The Balaban J connectivity index is 1.42. The number of primary amides is 1. The average molecular weight is 1240 g/mol. The molecule has 0 aromatic heterocycles. The van der Waals surface area contributed by atoms with Crippen LogP contribution in [0.2, 0.25) is 0 Å². The summed E-state index contributed by atoms with van der Waals surface area (Å²) in [5, 5.41) is 61.5. The van der Waals surface area contributed by atoms with Crippen LogP contribution in [0.15, 0.2) is 84.9 Å². The van der Waals surface area contributed by atoms with Gasteiger partial charge in [-0.1, -0.05) is 100 Å². The summed E-state index contributed by atoms with van der Waals surface area (Å²) >= 11 is 0. The van der Waals surface area contributed by atoms with E-state index in [1.165, 1.54) is 37.8 Å². The summed E-state index contributed by atoms with van der Waals surface area (Å²) in [4.78, 5) is 174. The van der Waals surface area contributed by atoms with E-state index in [1.807, 2.05) is 0 Å². The number of hydrogen-bond donors (Lipinski definition) is 15. The Morgan fingerprint density at radius 1 is 0.551 bits per heavy atom. The van der Waals surface area contributed by atoms with Crippen LogP contribution >= 0.6 is 0 Å². The molecule has 3 aromatic carbocycles. The number of carboxylic acid groups (broad SMARTS) is 2. The molecule has 0 aliphatic carbocycles. The van der Waals surface area contributed by atoms with E-state index in [9.17, 15) is 82.8 Å². The van der Waals surface area contributed by atoms with Gasteiger partial charge >= 0.3 is 11.9 Å². The lowest BCUT2D eigenvalue weighted by atomic mass is 10.00. The van der Waals surface area contributed by atoms with Crippen molar-refractivity contribution in [1.82, 2.24) is 52.8 Å². The number of aliphatic hydroxyl groups is 1. The molecule has 0 bridgehead atoms. The molecule has 0 saturated carbocycles. The van der Waals surface area contributed by atoms with Gasteiger partial charge in [-0.05, 0) is 80.2 Å². The Morgan fingerprint density at radius 2 is 1.07 bits per heavy atom. The number of carboxylic acids is 2. The van der Waals surface area contributed by atoms with Crippen LogP contribution in [0, 0.1) is 11.8 Å². The fourth-order valence-electron chi connectivity index (χ4n) is 9.47. The Hall–Kier alpha value is -9.51. The van der Waals surface area contributed by atoms with Crippen molar-refractivity contribution in [3.05, 3.63) is 102 Å². The van der Waals surface area contributed by atoms with E-state index in [4.69, 9.17) is 11.5 Å². The highest BCUT2D eigenvalue weighted by Crippen LogP contribution is 2.22. The van der Waals surface area contributed by atoms with Gasteiger partial charge < -0.3 is 84.6 Å². The molecule has 1 heterocycles. The van der Waals surface area contributed by atoms with E-state index in [2.05, 4.69) is 47.9 Å². The predicted octanol–water partition coefficient (Wildman–Crippen LogP) is -2.73. The third kappa shape index (κ3) is 23.3. The number of phenols is 1. The Kier molecular flexibility index (Phi) is 28.1. The second kappa shape index (κ2) is 34.7. The number of nitrogens with two attached hydrogens (primary N) is 2. The number of aliphatic carboxylic acids is 2. The summed E-state index contributed by atoms with van der Waals surface area (Å²) in [5.41, 5.74) is 13.4. The number of nitrogens with zero attached hydrogens (tertiary/aromatic N) is 1. The van der Waals surface area contributed by atoms with Crippen LogP contribution in [0.25, 0.3) is 0 Å². The standard InChI is InChI=1S/C60H82N12O17/c1-31(2)48(69-55(83)42(29-45(62)75)67-58(86)50(34(6)73)71-56(84)44-18-13-25-72(44)59(87)49(32(3)4)70-52(80)39(61)26-37-19-21-38(74)22-20-37)57(85)63-30-46(76)65-41(27-35-14-9-7-10-15-35)54(82)66-40(23-24-47(77)78)53(81)64-33(5)51(79)68-43(60(88)89)28-36-16-11-8-12-17-36/h7-12,14-17,19-22,31-34,39-44,48-50,73-74H,13,18,23-30,61H2,1-6H3,(H2,62,75)(H,63,85)(H,64,81)(H,65,76)(H,66,82)(H,67,86)(H,68,79)(H,69,83)(H,70,80)(H,71,84)(H,77,78)(H,88,89)/t33-,34+,39-,40-,41-,42-,43-,44-,48-,49-,50-/m0/s1. The molecule has 29 nitrogen and oxygen atoms in total. The quantitative estimate of drug-likeness (QED) is 0.0289. The van der Waals surface area contributed by atoms with Crippen molar-refractivity contribution in [1.29, 1.82) is 0 Å². The minimum absolute atomic E-state index is 0.0228. The first-order chi connectivity index (χ1) is 41.9. The second-order valence-corrected chi connectivity index (χ2v) is 22.4. The van der Waals surface area contributed by atoms with Crippen LogP contribution in [0.5, 0.6) is 5.75 Å². The van der Waals surface area contributed by atoms with Crippen LogP contribution in [0.3, 0.4) is 0 Å². The summed E-state index contributed by atoms with van der Waals surface area (Å²) in [5.74, 6) is -14.3. The van der Waals surface area contributed by atoms with Gasteiger partial charge in [0.05, 0.1) is 25.1 Å². The summed E-state index contributed by atoms with van der Waals surface area (Å²) in [7, 11) is 0. The van der Waals surface area contributed by atoms with E-state index >= 15 is 0 Å². The first-order valence-electron chi connectivity index (χ1n) is 29.0. The highest BCUT2D eigenvalue weighted by molar-refractivity contribution is 6.00. The number of rotatable bonds is 34. The van der Waals surface area contributed by atoms with Gasteiger partial charge in [-0.2, -0.15) is 0 Å². The Morgan fingerprint density at radius 3 is 1.61 bits per heavy atom. The molecule has 1 fully saturated rings. The molecular weight excluding hydrogens is 1160 g/mol. The minimum Gasteiger partial charge on any atom is -0.508 e.